The monoisotopic (exact) mass is 302 g/mol. The van der Waals surface area contributed by atoms with Gasteiger partial charge in [0, 0.05) is 6.07 Å². The molecule has 21 heavy (non-hydrogen) atoms. The molecule has 0 heterocycles. The molecule has 0 atom stereocenters. The molecular formula is C16H15ClN2O2. The highest BCUT2D eigenvalue weighted by atomic mass is 35.5. The Balaban J connectivity index is 2.50. The lowest BCUT2D eigenvalue weighted by molar-refractivity contribution is 0.396. The summed E-state index contributed by atoms with van der Waals surface area (Å²) >= 11 is 6.15. The summed E-state index contributed by atoms with van der Waals surface area (Å²) < 4.78 is 10.5. The van der Waals surface area contributed by atoms with Crippen molar-refractivity contribution in [1.29, 1.82) is 5.26 Å². The summed E-state index contributed by atoms with van der Waals surface area (Å²) in [6.07, 6.45) is 0. The number of nitrogens with zero attached hydrogens (tertiary/aromatic N) is 1. The SMILES string of the molecule is COc1cc(OC)c(Nc2c(C)cccc2C#N)cc1Cl. The second-order valence-corrected chi connectivity index (χ2v) is 4.83. The Hall–Kier alpha value is -2.38. The molecule has 108 valence electrons. The first kappa shape index (κ1) is 15.0. The Morgan fingerprint density at radius 1 is 1.14 bits per heavy atom. The second kappa shape index (κ2) is 6.38. The van der Waals surface area contributed by atoms with Crippen LogP contribution < -0.4 is 14.8 Å². The fourth-order valence-electron chi connectivity index (χ4n) is 2.02. The van der Waals surface area contributed by atoms with Gasteiger partial charge in [0.25, 0.3) is 0 Å². The van der Waals surface area contributed by atoms with Crippen LogP contribution in [0.15, 0.2) is 30.3 Å². The molecule has 0 aliphatic rings. The standard InChI is InChI=1S/C16H15ClN2O2/c1-10-5-4-6-11(9-18)16(10)19-13-7-12(17)14(20-2)8-15(13)21-3/h4-8,19H,1-3H3. The van der Waals surface area contributed by atoms with Gasteiger partial charge < -0.3 is 14.8 Å². The third-order valence-corrected chi connectivity index (χ3v) is 3.42. The van der Waals surface area contributed by atoms with Crippen LogP contribution in [0, 0.1) is 18.3 Å². The fourth-order valence-corrected chi connectivity index (χ4v) is 2.26. The second-order valence-electron chi connectivity index (χ2n) is 4.42. The van der Waals surface area contributed by atoms with Crippen molar-refractivity contribution in [2.75, 3.05) is 19.5 Å². The average molecular weight is 303 g/mol. The Labute approximate surface area is 128 Å². The topological polar surface area (TPSA) is 54.3 Å². The molecule has 1 N–H and O–H groups in total. The molecule has 0 aromatic heterocycles. The molecule has 2 rings (SSSR count). The van der Waals surface area contributed by atoms with Crippen molar-refractivity contribution in [2.24, 2.45) is 0 Å². The zero-order chi connectivity index (χ0) is 15.4. The van der Waals surface area contributed by atoms with Gasteiger partial charge in [-0.1, -0.05) is 23.7 Å². The third kappa shape index (κ3) is 3.04. The van der Waals surface area contributed by atoms with E-state index >= 15 is 0 Å². The molecule has 0 amide bonds. The summed E-state index contributed by atoms with van der Waals surface area (Å²) in [5.41, 5.74) is 2.93. The molecular weight excluding hydrogens is 288 g/mol. The predicted molar refractivity (Wildman–Crippen MR) is 83.7 cm³/mol. The first-order valence-electron chi connectivity index (χ1n) is 6.29. The Morgan fingerprint density at radius 3 is 2.48 bits per heavy atom. The van der Waals surface area contributed by atoms with Gasteiger partial charge in [0.2, 0.25) is 0 Å². The van der Waals surface area contributed by atoms with Gasteiger partial charge in [0.05, 0.1) is 36.2 Å². The maximum absolute atomic E-state index is 9.22. The molecule has 0 aliphatic carbocycles. The van der Waals surface area contributed by atoms with Crippen molar-refractivity contribution in [3.8, 4) is 17.6 Å². The van der Waals surface area contributed by atoms with Gasteiger partial charge in [0.15, 0.2) is 0 Å². The van der Waals surface area contributed by atoms with Crippen LogP contribution in [0.4, 0.5) is 11.4 Å². The molecule has 2 aromatic rings. The first-order chi connectivity index (χ1) is 10.1. The van der Waals surface area contributed by atoms with Crippen molar-refractivity contribution in [1.82, 2.24) is 0 Å². The van der Waals surface area contributed by atoms with E-state index in [4.69, 9.17) is 21.1 Å². The van der Waals surface area contributed by atoms with Crippen molar-refractivity contribution in [3.05, 3.63) is 46.5 Å². The van der Waals surface area contributed by atoms with Gasteiger partial charge in [-0.3, -0.25) is 0 Å². The Bertz CT molecular complexity index is 708. The third-order valence-electron chi connectivity index (χ3n) is 3.13. The highest BCUT2D eigenvalue weighted by molar-refractivity contribution is 6.32. The summed E-state index contributed by atoms with van der Waals surface area (Å²) in [7, 11) is 3.11. The van der Waals surface area contributed by atoms with Gasteiger partial charge in [-0.2, -0.15) is 5.26 Å². The van der Waals surface area contributed by atoms with Crippen LogP contribution in [0.2, 0.25) is 5.02 Å². The van der Waals surface area contributed by atoms with Crippen molar-refractivity contribution in [2.45, 2.75) is 6.92 Å². The average Bonchev–Trinajstić information content (AvgIpc) is 2.49. The minimum Gasteiger partial charge on any atom is -0.495 e. The van der Waals surface area contributed by atoms with E-state index in [2.05, 4.69) is 11.4 Å². The number of methoxy groups -OCH3 is 2. The molecule has 0 unspecified atom stereocenters. The largest absolute Gasteiger partial charge is 0.495 e. The summed E-state index contributed by atoms with van der Waals surface area (Å²) in [6, 6.07) is 11.1. The first-order valence-corrected chi connectivity index (χ1v) is 6.66. The van der Waals surface area contributed by atoms with Crippen LogP contribution in [0.5, 0.6) is 11.5 Å². The molecule has 0 radical (unpaired) electrons. The summed E-state index contributed by atoms with van der Waals surface area (Å²) in [6.45, 7) is 1.93. The van der Waals surface area contributed by atoms with Gasteiger partial charge >= 0.3 is 0 Å². The van der Waals surface area contributed by atoms with E-state index in [9.17, 15) is 5.26 Å². The number of hydrogen-bond acceptors (Lipinski definition) is 4. The molecule has 0 saturated heterocycles. The number of hydrogen-bond donors (Lipinski definition) is 1. The number of anilines is 2. The molecule has 0 aliphatic heterocycles. The van der Waals surface area contributed by atoms with E-state index in [1.54, 1.807) is 32.4 Å². The maximum Gasteiger partial charge on any atom is 0.146 e. The van der Waals surface area contributed by atoms with Gasteiger partial charge in [-0.05, 0) is 24.6 Å². The normalized spacial score (nSPS) is 9.86. The van der Waals surface area contributed by atoms with E-state index < -0.39 is 0 Å². The van der Waals surface area contributed by atoms with Crippen molar-refractivity contribution >= 4 is 23.0 Å². The molecule has 4 nitrogen and oxygen atoms in total. The van der Waals surface area contributed by atoms with Crippen LogP contribution >= 0.6 is 11.6 Å². The van der Waals surface area contributed by atoms with E-state index in [0.717, 1.165) is 11.3 Å². The number of nitriles is 1. The minimum absolute atomic E-state index is 0.466. The Morgan fingerprint density at radius 2 is 1.86 bits per heavy atom. The molecule has 0 saturated carbocycles. The minimum atomic E-state index is 0.466. The number of nitrogens with one attached hydrogen (secondary N) is 1. The maximum atomic E-state index is 9.22. The molecule has 5 heteroatoms. The zero-order valence-corrected chi connectivity index (χ0v) is 12.8. The molecule has 2 aromatic carbocycles. The van der Waals surface area contributed by atoms with E-state index in [-0.39, 0.29) is 0 Å². The van der Waals surface area contributed by atoms with E-state index in [0.29, 0.717) is 27.8 Å². The lowest BCUT2D eigenvalue weighted by atomic mass is 10.1. The lowest BCUT2D eigenvalue weighted by Gasteiger charge is -2.16. The van der Waals surface area contributed by atoms with Crippen molar-refractivity contribution < 1.29 is 9.47 Å². The zero-order valence-electron chi connectivity index (χ0n) is 12.0. The quantitative estimate of drug-likeness (QED) is 0.916. The smallest absolute Gasteiger partial charge is 0.146 e. The van der Waals surface area contributed by atoms with Crippen LogP contribution in [0.25, 0.3) is 0 Å². The highest BCUT2D eigenvalue weighted by Crippen LogP contribution is 2.38. The highest BCUT2D eigenvalue weighted by Gasteiger charge is 2.13. The number of para-hydroxylation sites is 1. The molecule has 0 spiro atoms. The van der Waals surface area contributed by atoms with Crippen molar-refractivity contribution in [3.63, 3.8) is 0 Å². The number of benzene rings is 2. The fraction of sp³-hybridized carbons (Fsp3) is 0.188. The predicted octanol–water partition coefficient (Wildman–Crippen LogP) is 4.28. The van der Waals surface area contributed by atoms with Gasteiger partial charge in [0.1, 0.15) is 17.6 Å². The van der Waals surface area contributed by atoms with E-state index in [1.165, 1.54) is 0 Å². The lowest BCUT2D eigenvalue weighted by Crippen LogP contribution is -2.00. The van der Waals surface area contributed by atoms with Crippen LogP contribution in [0.1, 0.15) is 11.1 Å². The Kier molecular flexibility index (Phi) is 4.56. The summed E-state index contributed by atoms with van der Waals surface area (Å²) in [4.78, 5) is 0. The molecule has 0 fully saturated rings. The van der Waals surface area contributed by atoms with Crippen LogP contribution in [-0.2, 0) is 0 Å². The van der Waals surface area contributed by atoms with E-state index in [1.807, 2.05) is 19.1 Å². The van der Waals surface area contributed by atoms with Gasteiger partial charge in [-0.15, -0.1) is 0 Å². The number of rotatable bonds is 4. The number of ether oxygens (including phenoxy) is 2. The molecule has 0 bridgehead atoms. The summed E-state index contributed by atoms with van der Waals surface area (Å²) in [5.74, 6) is 1.12. The summed E-state index contributed by atoms with van der Waals surface area (Å²) in [5, 5.41) is 12.9. The number of aryl methyl sites for hydroxylation is 1. The van der Waals surface area contributed by atoms with Crippen LogP contribution in [-0.4, -0.2) is 14.2 Å². The van der Waals surface area contributed by atoms with Crippen LogP contribution in [0.3, 0.4) is 0 Å². The van der Waals surface area contributed by atoms with Gasteiger partial charge in [-0.25, -0.2) is 0 Å². The number of halogens is 1.